The minimum absolute atomic E-state index is 0.0160. The predicted molar refractivity (Wildman–Crippen MR) is 103 cm³/mol. The van der Waals surface area contributed by atoms with E-state index >= 15 is 0 Å². The van der Waals surface area contributed by atoms with Gasteiger partial charge in [-0.1, -0.05) is 30.3 Å². The van der Waals surface area contributed by atoms with Crippen LogP contribution in [0.1, 0.15) is 43.1 Å². The van der Waals surface area contributed by atoms with Gasteiger partial charge in [-0.25, -0.2) is 4.98 Å². The van der Waals surface area contributed by atoms with Crippen LogP contribution in [0.25, 0.3) is 11.1 Å². The topological polar surface area (TPSA) is 64.4 Å². The third-order valence-electron chi connectivity index (χ3n) is 5.70. The average molecular weight is 362 g/mol. The number of oxazole rings is 1. The van der Waals surface area contributed by atoms with Gasteiger partial charge in [0, 0.05) is 24.8 Å². The number of anilines is 1. The highest BCUT2D eigenvalue weighted by Crippen LogP contribution is 2.41. The lowest BCUT2D eigenvalue weighted by Gasteiger charge is -2.36. The molecule has 5 nitrogen and oxygen atoms in total. The van der Waals surface area contributed by atoms with E-state index in [0.29, 0.717) is 32.0 Å². The third-order valence-corrected chi connectivity index (χ3v) is 5.70. The summed E-state index contributed by atoms with van der Waals surface area (Å²) in [4.78, 5) is 17.9. The van der Waals surface area contributed by atoms with Gasteiger partial charge in [-0.15, -0.1) is 0 Å². The van der Waals surface area contributed by atoms with Gasteiger partial charge in [0.2, 0.25) is 5.91 Å². The Morgan fingerprint density at radius 2 is 1.85 bits per heavy atom. The first-order valence-corrected chi connectivity index (χ1v) is 9.60. The summed E-state index contributed by atoms with van der Waals surface area (Å²) in [5.41, 5.74) is 2.82. The summed E-state index contributed by atoms with van der Waals surface area (Å²) in [5.74, 6) is 1.31. The quantitative estimate of drug-likeness (QED) is 0.747. The van der Waals surface area contributed by atoms with E-state index < -0.39 is 5.41 Å². The van der Waals surface area contributed by atoms with Gasteiger partial charge in [0.1, 0.15) is 5.52 Å². The van der Waals surface area contributed by atoms with Gasteiger partial charge in [0.25, 0.3) is 0 Å². The number of hydrogen-bond donors (Lipinski definition) is 1. The number of hydrogen-bond acceptors (Lipinski definition) is 4. The first kappa shape index (κ1) is 16.5. The first-order chi connectivity index (χ1) is 13.2. The summed E-state index contributed by atoms with van der Waals surface area (Å²) in [5, 5.41) is 3.12. The number of rotatable bonds is 4. The van der Waals surface area contributed by atoms with Crippen molar-refractivity contribution in [1.82, 2.24) is 4.98 Å². The molecule has 1 amide bonds. The smallest absolute Gasteiger partial charge is 0.235 e. The summed E-state index contributed by atoms with van der Waals surface area (Å²) in [7, 11) is 0. The van der Waals surface area contributed by atoms with Crippen LogP contribution in [-0.4, -0.2) is 24.1 Å². The zero-order valence-corrected chi connectivity index (χ0v) is 15.1. The van der Waals surface area contributed by atoms with Gasteiger partial charge in [-0.05, 0) is 49.4 Å². The molecule has 138 valence electrons. The molecule has 1 saturated heterocycles. The average Bonchev–Trinajstić information content (AvgIpc) is 3.48. The number of nitrogens with one attached hydrogen (secondary N) is 1. The first-order valence-electron chi connectivity index (χ1n) is 9.60. The maximum absolute atomic E-state index is 13.3. The van der Waals surface area contributed by atoms with E-state index in [1.165, 1.54) is 0 Å². The van der Waals surface area contributed by atoms with E-state index in [-0.39, 0.29) is 5.91 Å². The molecule has 2 heterocycles. The zero-order chi connectivity index (χ0) is 18.3. The summed E-state index contributed by atoms with van der Waals surface area (Å²) >= 11 is 0. The second kappa shape index (κ2) is 6.50. The molecule has 0 unspecified atom stereocenters. The molecule has 0 radical (unpaired) electrons. The number of carbonyl (C=O) groups excluding carboxylic acids is 1. The van der Waals surface area contributed by atoms with Gasteiger partial charge in [0.05, 0.1) is 5.41 Å². The Morgan fingerprint density at radius 3 is 2.59 bits per heavy atom. The number of amides is 1. The van der Waals surface area contributed by atoms with Crippen molar-refractivity contribution in [3.05, 3.63) is 60.0 Å². The third kappa shape index (κ3) is 3.02. The second-order valence-electron chi connectivity index (χ2n) is 7.52. The van der Waals surface area contributed by atoms with Gasteiger partial charge < -0.3 is 14.5 Å². The predicted octanol–water partition coefficient (Wildman–Crippen LogP) is 4.39. The van der Waals surface area contributed by atoms with Crippen LogP contribution < -0.4 is 5.32 Å². The molecule has 0 atom stereocenters. The lowest BCUT2D eigenvalue weighted by atomic mass is 9.73. The number of aromatic nitrogens is 1. The molecule has 3 aromatic rings. The van der Waals surface area contributed by atoms with Crippen molar-refractivity contribution in [1.29, 1.82) is 0 Å². The molecule has 0 bridgehead atoms. The van der Waals surface area contributed by atoms with Crippen molar-refractivity contribution >= 4 is 22.7 Å². The Labute approximate surface area is 157 Å². The molecular weight excluding hydrogens is 340 g/mol. The lowest BCUT2D eigenvalue weighted by Crippen LogP contribution is -2.44. The Kier molecular flexibility index (Phi) is 3.97. The highest BCUT2D eigenvalue weighted by molar-refractivity contribution is 6.00. The fraction of sp³-hybridized carbons (Fsp3) is 0.364. The Hall–Kier alpha value is -2.66. The van der Waals surface area contributed by atoms with Crippen LogP contribution in [0.3, 0.4) is 0 Å². The van der Waals surface area contributed by atoms with Gasteiger partial charge >= 0.3 is 0 Å². The van der Waals surface area contributed by atoms with E-state index in [9.17, 15) is 4.79 Å². The summed E-state index contributed by atoms with van der Waals surface area (Å²) in [6, 6.07) is 15.7. The molecule has 2 fully saturated rings. The largest absolute Gasteiger partial charge is 0.440 e. The maximum Gasteiger partial charge on any atom is 0.235 e. The number of ether oxygens (including phenoxy) is 1. The minimum atomic E-state index is -0.558. The monoisotopic (exact) mass is 362 g/mol. The number of carbonyl (C=O) groups is 1. The summed E-state index contributed by atoms with van der Waals surface area (Å²) in [6.45, 7) is 1.19. The highest BCUT2D eigenvalue weighted by atomic mass is 16.5. The molecule has 0 spiro atoms. The molecule has 1 N–H and O–H groups in total. The molecule has 2 aliphatic rings. The molecule has 5 heteroatoms. The fourth-order valence-electron chi connectivity index (χ4n) is 3.90. The number of fused-ring (bicyclic) bond motifs is 1. The Morgan fingerprint density at radius 1 is 1.07 bits per heavy atom. The molecule has 27 heavy (non-hydrogen) atoms. The standard InChI is InChI=1S/C22H22N2O3/c25-21(22(10-12-26-13-11-22)16-4-2-1-3-5-16)23-17-8-9-19-18(14-17)24-20(27-19)15-6-7-15/h1-5,8-9,14-15H,6-7,10-13H2,(H,23,25). The van der Waals surface area contributed by atoms with Crippen molar-refractivity contribution in [2.24, 2.45) is 0 Å². The molecule has 1 saturated carbocycles. The SMILES string of the molecule is O=C(Nc1ccc2oc(C3CC3)nc2c1)C1(c2ccccc2)CCOCC1. The Balaban J connectivity index is 1.44. The maximum atomic E-state index is 13.3. The van der Waals surface area contributed by atoms with Crippen LogP contribution in [0.5, 0.6) is 0 Å². The van der Waals surface area contributed by atoms with Crippen molar-refractivity contribution in [2.75, 3.05) is 18.5 Å². The highest BCUT2D eigenvalue weighted by Gasteiger charge is 2.41. The van der Waals surface area contributed by atoms with Gasteiger partial charge in [-0.3, -0.25) is 4.79 Å². The van der Waals surface area contributed by atoms with Crippen molar-refractivity contribution in [3.8, 4) is 0 Å². The van der Waals surface area contributed by atoms with Crippen LogP contribution >= 0.6 is 0 Å². The van der Waals surface area contributed by atoms with E-state index in [2.05, 4.69) is 10.3 Å². The summed E-state index contributed by atoms with van der Waals surface area (Å²) < 4.78 is 11.3. The molecule has 1 aromatic heterocycles. The van der Waals surface area contributed by atoms with Crippen molar-refractivity contribution < 1.29 is 13.9 Å². The second-order valence-corrected chi connectivity index (χ2v) is 7.52. The zero-order valence-electron chi connectivity index (χ0n) is 15.1. The normalized spacial score (nSPS) is 19.1. The van der Waals surface area contributed by atoms with E-state index in [0.717, 1.165) is 41.1 Å². The van der Waals surface area contributed by atoms with E-state index in [4.69, 9.17) is 9.15 Å². The van der Waals surface area contributed by atoms with E-state index in [1.54, 1.807) is 0 Å². The minimum Gasteiger partial charge on any atom is -0.440 e. The van der Waals surface area contributed by atoms with Crippen molar-refractivity contribution in [2.45, 2.75) is 37.0 Å². The van der Waals surface area contributed by atoms with Crippen LogP contribution in [0.2, 0.25) is 0 Å². The number of nitrogens with zero attached hydrogens (tertiary/aromatic N) is 1. The molecule has 1 aliphatic heterocycles. The molecule has 5 rings (SSSR count). The molecule has 2 aromatic carbocycles. The van der Waals surface area contributed by atoms with Gasteiger partial charge in [0.15, 0.2) is 11.5 Å². The van der Waals surface area contributed by atoms with E-state index in [1.807, 2.05) is 48.5 Å². The van der Waals surface area contributed by atoms with Crippen LogP contribution in [0.4, 0.5) is 5.69 Å². The van der Waals surface area contributed by atoms with Crippen LogP contribution in [0.15, 0.2) is 52.9 Å². The van der Waals surface area contributed by atoms with Crippen molar-refractivity contribution in [3.63, 3.8) is 0 Å². The Bertz CT molecular complexity index is 970. The van der Waals surface area contributed by atoms with Gasteiger partial charge in [-0.2, -0.15) is 0 Å². The molecular formula is C22H22N2O3. The summed E-state index contributed by atoms with van der Waals surface area (Å²) in [6.07, 6.45) is 3.66. The lowest BCUT2D eigenvalue weighted by molar-refractivity contribution is -0.125. The van der Waals surface area contributed by atoms with Crippen LogP contribution in [-0.2, 0) is 14.9 Å². The number of benzene rings is 2. The van der Waals surface area contributed by atoms with Crippen LogP contribution in [0, 0.1) is 0 Å². The fourth-order valence-corrected chi connectivity index (χ4v) is 3.90. The molecule has 1 aliphatic carbocycles.